The van der Waals surface area contributed by atoms with Crippen LogP contribution in [-0.2, 0) is 6.42 Å². The molecule has 17 heavy (non-hydrogen) atoms. The van der Waals surface area contributed by atoms with Crippen molar-refractivity contribution in [3.05, 3.63) is 48.0 Å². The highest BCUT2D eigenvalue weighted by atomic mass is 16.5. The lowest BCUT2D eigenvalue weighted by atomic mass is 9.98. The highest BCUT2D eigenvalue weighted by molar-refractivity contribution is 5.70. The van der Waals surface area contributed by atoms with Crippen LogP contribution in [0.15, 0.2) is 42.5 Å². The molecule has 0 bridgehead atoms. The summed E-state index contributed by atoms with van der Waals surface area (Å²) >= 11 is 0. The summed E-state index contributed by atoms with van der Waals surface area (Å²) in [5, 5.41) is 9.58. The summed E-state index contributed by atoms with van der Waals surface area (Å²) in [7, 11) is 1.56. The maximum Gasteiger partial charge on any atom is 0.161 e. The molecule has 88 valence electrons. The number of rotatable bonds is 3. The Labute approximate surface area is 101 Å². The molecule has 0 fully saturated rings. The van der Waals surface area contributed by atoms with E-state index in [-0.39, 0.29) is 5.75 Å². The molecular weight excluding hydrogens is 212 g/mol. The van der Waals surface area contributed by atoms with E-state index in [0.29, 0.717) is 5.75 Å². The number of hydrogen-bond acceptors (Lipinski definition) is 2. The van der Waals surface area contributed by atoms with Crippen molar-refractivity contribution in [3.63, 3.8) is 0 Å². The van der Waals surface area contributed by atoms with Crippen molar-refractivity contribution < 1.29 is 9.84 Å². The molecule has 0 aliphatic carbocycles. The first-order chi connectivity index (χ1) is 8.26. The van der Waals surface area contributed by atoms with Crippen LogP contribution >= 0.6 is 0 Å². The fourth-order valence-electron chi connectivity index (χ4n) is 1.96. The second-order valence-electron chi connectivity index (χ2n) is 3.90. The second kappa shape index (κ2) is 4.91. The quantitative estimate of drug-likeness (QED) is 0.869. The van der Waals surface area contributed by atoms with E-state index >= 15 is 0 Å². The molecule has 0 atom stereocenters. The Kier molecular flexibility index (Phi) is 3.33. The number of hydrogen-bond donors (Lipinski definition) is 1. The Morgan fingerprint density at radius 2 is 1.88 bits per heavy atom. The molecule has 0 radical (unpaired) electrons. The fraction of sp³-hybridized carbons (Fsp3) is 0.200. The van der Waals surface area contributed by atoms with Crippen molar-refractivity contribution in [3.8, 4) is 22.6 Å². The molecule has 0 heterocycles. The van der Waals surface area contributed by atoms with Gasteiger partial charge in [-0.05, 0) is 35.2 Å². The molecule has 0 aromatic heterocycles. The van der Waals surface area contributed by atoms with Gasteiger partial charge < -0.3 is 9.84 Å². The smallest absolute Gasteiger partial charge is 0.161 e. The van der Waals surface area contributed by atoms with Gasteiger partial charge in [0, 0.05) is 0 Å². The predicted octanol–water partition coefficient (Wildman–Crippen LogP) is 3.63. The maximum absolute atomic E-state index is 9.58. The Hall–Kier alpha value is -1.96. The molecule has 2 rings (SSSR count). The average molecular weight is 228 g/mol. The first-order valence-corrected chi connectivity index (χ1v) is 5.71. The van der Waals surface area contributed by atoms with Crippen LogP contribution in [0.25, 0.3) is 11.1 Å². The zero-order chi connectivity index (χ0) is 12.3. The summed E-state index contributed by atoms with van der Waals surface area (Å²) in [6.07, 6.45) is 0.985. The van der Waals surface area contributed by atoms with Gasteiger partial charge >= 0.3 is 0 Å². The topological polar surface area (TPSA) is 29.5 Å². The second-order valence-corrected chi connectivity index (χ2v) is 3.90. The molecule has 2 nitrogen and oxygen atoms in total. The van der Waals surface area contributed by atoms with Gasteiger partial charge in [0.2, 0.25) is 0 Å². The lowest BCUT2D eigenvalue weighted by Gasteiger charge is -2.10. The van der Waals surface area contributed by atoms with Crippen molar-refractivity contribution in [2.45, 2.75) is 13.3 Å². The summed E-state index contributed by atoms with van der Waals surface area (Å²) in [5.41, 5.74) is 3.55. The normalized spacial score (nSPS) is 10.2. The minimum Gasteiger partial charge on any atom is -0.504 e. The summed E-state index contributed by atoms with van der Waals surface area (Å²) < 4.78 is 5.13. The van der Waals surface area contributed by atoms with Crippen LogP contribution < -0.4 is 4.74 Å². The minimum absolute atomic E-state index is 0.172. The zero-order valence-electron chi connectivity index (χ0n) is 10.1. The zero-order valence-corrected chi connectivity index (χ0v) is 10.1. The van der Waals surface area contributed by atoms with Gasteiger partial charge in [0.15, 0.2) is 11.5 Å². The highest BCUT2D eigenvalue weighted by Gasteiger charge is 2.07. The highest BCUT2D eigenvalue weighted by Crippen LogP contribution is 2.32. The molecule has 2 aromatic rings. The molecule has 0 unspecified atom stereocenters. The molecule has 0 aliphatic rings. The number of aromatic hydroxyl groups is 1. The number of phenolic OH excluding ortho intramolecular Hbond substituents is 1. The Balaban J connectivity index is 2.53. The monoisotopic (exact) mass is 228 g/mol. The largest absolute Gasteiger partial charge is 0.504 e. The predicted molar refractivity (Wildman–Crippen MR) is 69.5 cm³/mol. The molecule has 0 saturated carbocycles. The van der Waals surface area contributed by atoms with Crippen LogP contribution in [0.4, 0.5) is 0 Å². The molecule has 1 N–H and O–H groups in total. The van der Waals surface area contributed by atoms with Crippen molar-refractivity contribution in [2.24, 2.45) is 0 Å². The fourth-order valence-corrected chi connectivity index (χ4v) is 1.96. The Morgan fingerprint density at radius 1 is 1.12 bits per heavy atom. The molecule has 0 spiro atoms. The lowest BCUT2D eigenvalue weighted by molar-refractivity contribution is 0.373. The van der Waals surface area contributed by atoms with Crippen LogP contribution in [0.2, 0.25) is 0 Å². The summed E-state index contributed by atoms with van der Waals surface area (Å²) in [5.74, 6) is 0.679. The maximum atomic E-state index is 9.58. The van der Waals surface area contributed by atoms with E-state index in [4.69, 9.17) is 4.74 Å². The van der Waals surface area contributed by atoms with E-state index in [1.807, 2.05) is 24.3 Å². The number of ether oxygens (including phenoxy) is 1. The third-order valence-electron chi connectivity index (χ3n) is 2.89. The van der Waals surface area contributed by atoms with E-state index < -0.39 is 0 Å². The number of aryl methyl sites for hydroxylation is 1. The number of phenols is 1. The minimum atomic E-state index is 0.172. The van der Waals surface area contributed by atoms with Gasteiger partial charge in [-0.15, -0.1) is 0 Å². The third kappa shape index (κ3) is 2.26. The summed E-state index contributed by atoms with van der Waals surface area (Å²) in [4.78, 5) is 0. The van der Waals surface area contributed by atoms with E-state index in [1.54, 1.807) is 13.2 Å². The molecule has 2 aromatic carbocycles. The third-order valence-corrected chi connectivity index (χ3v) is 2.89. The van der Waals surface area contributed by atoms with Gasteiger partial charge in [0.05, 0.1) is 7.11 Å². The van der Waals surface area contributed by atoms with Crippen molar-refractivity contribution in [2.75, 3.05) is 7.11 Å². The van der Waals surface area contributed by atoms with Crippen molar-refractivity contribution >= 4 is 0 Å². The van der Waals surface area contributed by atoms with Gasteiger partial charge in [-0.25, -0.2) is 0 Å². The first-order valence-electron chi connectivity index (χ1n) is 5.71. The van der Waals surface area contributed by atoms with Crippen molar-refractivity contribution in [1.29, 1.82) is 0 Å². The standard InChI is InChI=1S/C15H16O2/c1-3-11-6-4-5-7-13(11)12-8-9-14(16)15(10-12)17-2/h4-10,16H,3H2,1-2H3. The molecule has 0 saturated heterocycles. The first kappa shape index (κ1) is 11.5. The van der Waals surface area contributed by atoms with Gasteiger partial charge in [0.25, 0.3) is 0 Å². The summed E-state index contributed by atoms with van der Waals surface area (Å²) in [6, 6.07) is 13.7. The molecule has 0 aliphatic heterocycles. The van der Waals surface area contributed by atoms with Gasteiger partial charge in [0.1, 0.15) is 0 Å². The number of benzene rings is 2. The van der Waals surface area contributed by atoms with Crippen LogP contribution in [0, 0.1) is 0 Å². The molecular formula is C15H16O2. The summed E-state index contributed by atoms with van der Waals surface area (Å²) in [6.45, 7) is 2.14. The van der Waals surface area contributed by atoms with Gasteiger partial charge in [-0.1, -0.05) is 37.3 Å². The van der Waals surface area contributed by atoms with Crippen LogP contribution in [-0.4, -0.2) is 12.2 Å². The van der Waals surface area contributed by atoms with Crippen molar-refractivity contribution in [1.82, 2.24) is 0 Å². The van der Waals surface area contributed by atoms with Crippen LogP contribution in [0.1, 0.15) is 12.5 Å². The van der Waals surface area contributed by atoms with Gasteiger partial charge in [-0.2, -0.15) is 0 Å². The number of methoxy groups -OCH3 is 1. The Bertz CT molecular complexity index is 518. The lowest BCUT2D eigenvalue weighted by Crippen LogP contribution is -1.89. The molecule has 0 amide bonds. The Morgan fingerprint density at radius 3 is 2.59 bits per heavy atom. The van der Waals surface area contributed by atoms with Gasteiger partial charge in [-0.3, -0.25) is 0 Å². The molecule has 2 heteroatoms. The SMILES string of the molecule is CCc1ccccc1-c1ccc(O)c(OC)c1. The van der Waals surface area contributed by atoms with E-state index in [2.05, 4.69) is 19.1 Å². The average Bonchev–Trinajstić information content (AvgIpc) is 2.39. The van der Waals surface area contributed by atoms with Crippen LogP contribution in [0.5, 0.6) is 11.5 Å². The van der Waals surface area contributed by atoms with Crippen LogP contribution in [0.3, 0.4) is 0 Å². The van der Waals surface area contributed by atoms with E-state index in [1.165, 1.54) is 11.1 Å². The van der Waals surface area contributed by atoms with E-state index in [0.717, 1.165) is 12.0 Å². The van der Waals surface area contributed by atoms with E-state index in [9.17, 15) is 5.11 Å².